The molecule has 2 aromatic heterocycles. The Bertz CT molecular complexity index is 1140. The first kappa shape index (κ1) is 20.7. The largest absolute Gasteiger partial charge is 0.496 e. The number of imidazole rings is 1. The molecule has 1 aliphatic rings. The Morgan fingerprint density at radius 3 is 2.81 bits per heavy atom. The molecule has 8 heteroatoms. The van der Waals surface area contributed by atoms with Crippen LogP contribution < -0.4 is 10.1 Å². The molecular formula is C23H27N5O3. The number of ether oxygens (including phenoxy) is 1. The van der Waals surface area contributed by atoms with Crippen LogP contribution in [0.2, 0.25) is 0 Å². The Labute approximate surface area is 181 Å². The Kier molecular flexibility index (Phi) is 5.54. The third-order valence-corrected chi connectivity index (χ3v) is 5.15. The maximum absolute atomic E-state index is 12.1. The average Bonchev–Trinajstić information content (AvgIpc) is 3.32. The Balaban J connectivity index is 1.68. The number of nitrogens with one attached hydrogen (secondary N) is 1. The van der Waals surface area contributed by atoms with Gasteiger partial charge < -0.3 is 19.0 Å². The van der Waals surface area contributed by atoms with Crippen molar-refractivity contribution in [3.8, 4) is 17.1 Å². The molecule has 1 amide bonds. The summed E-state index contributed by atoms with van der Waals surface area (Å²) in [6, 6.07) is 5.76. The van der Waals surface area contributed by atoms with Gasteiger partial charge in [0.25, 0.3) is 0 Å². The number of carbonyl (C=O) groups is 1. The minimum absolute atomic E-state index is 0.0298. The lowest BCUT2D eigenvalue weighted by atomic mass is 10.1. The number of oxazole rings is 1. The van der Waals surface area contributed by atoms with E-state index in [1.54, 1.807) is 18.9 Å². The van der Waals surface area contributed by atoms with Crippen molar-refractivity contribution < 1.29 is 13.9 Å². The number of anilines is 1. The summed E-state index contributed by atoms with van der Waals surface area (Å²) < 4.78 is 13.1. The molecule has 0 bridgehead atoms. The van der Waals surface area contributed by atoms with Gasteiger partial charge in [0.15, 0.2) is 18.0 Å². The van der Waals surface area contributed by atoms with Crippen LogP contribution in [0.25, 0.3) is 17.0 Å². The van der Waals surface area contributed by atoms with E-state index in [-0.39, 0.29) is 5.91 Å². The van der Waals surface area contributed by atoms with E-state index >= 15 is 0 Å². The number of aryl methyl sites for hydroxylation is 1. The van der Waals surface area contributed by atoms with Gasteiger partial charge in [-0.15, -0.1) is 0 Å². The Hall–Kier alpha value is -3.55. The Morgan fingerprint density at radius 1 is 1.35 bits per heavy atom. The van der Waals surface area contributed by atoms with Crippen LogP contribution in [-0.4, -0.2) is 32.5 Å². The average molecular weight is 422 g/mol. The van der Waals surface area contributed by atoms with Crippen molar-refractivity contribution in [3.63, 3.8) is 0 Å². The van der Waals surface area contributed by atoms with Gasteiger partial charge in [-0.3, -0.25) is 9.69 Å². The van der Waals surface area contributed by atoms with Crippen molar-refractivity contribution in [2.45, 2.75) is 40.8 Å². The number of methoxy groups -OCH3 is 1. The van der Waals surface area contributed by atoms with E-state index in [0.717, 1.165) is 40.6 Å². The van der Waals surface area contributed by atoms with E-state index in [1.165, 1.54) is 6.39 Å². The van der Waals surface area contributed by atoms with Crippen molar-refractivity contribution in [2.24, 2.45) is 5.92 Å². The van der Waals surface area contributed by atoms with E-state index in [9.17, 15) is 4.79 Å². The standard InChI is InChI=1S/C23H27N5O3/c1-14(2)8-18-10-28-13-27(16(4)29)11-20(23(28)26-18)25-17-6-7-19(21(9-17)30-5)22-15(3)24-12-31-22/h6-7,9-12,14,25H,8,13H2,1-5H3. The highest BCUT2D eigenvalue weighted by atomic mass is 16.5. The van der Waals surface area contributed by atoms with E-state index in [1.807, 2.05) is 42.1 Å². The normalized spacial score (nSPS) is 13.2. The van der Waals surface area contributed by atoms with Crippen LogP contribution in [0.3, 0.4) is 0 Å². The van der Waals surface area contributed by atoms with Gasteiger partial charge in [-0.05, 0) is 31.4 Å². The number of hydrogen-bond acceptors (Lipinski definition) is 6. The lowest BCUT2D eigenvalue weighted by molar-refractivity contribution is -0.127. The molecule has 3 aromatic rings. The number of carbonyl (C=O) groups excluding carboxylic acids is 1. The van der Waals surface area contributed by atoms with Crippen LogP contribution in [0.4, 0.5) is 5.69 Å². The van der Waals surface area contributed by atoms with Gasteiger partial charge in [0.1, 0.15) is 12.4 Å². The second-order valence-corrected chi connectivity index (χ2v) is 8.10. The molecule has 1 N–H and O–H groups in total. The minimum Gasteiger partial charge on any atom is -0.496 e. The van der Waals surface area contributed by atoms with E-state index in [0.29, 0.717) is 24.1 Å². The monoisotopic (exact) mass is 421 g/mol. The van der Waals surface area contributed by atoms with Crippen molar-refractivity contribution in [2.75, 3.05) is 12.4 Å². The van der Waals surface area contributed by atoms with Crippen LogP contribution in [0.5, 0.6) is 5.75 Å². The number of aromatic nitrogens is 3. The second kappa shape index (κ2) is 8.29. The highest BCUT2D eigenvalue weighted by molar-refractivity contribution is 5.82. The van der Waals surface area contributed by atoms with Crippen LogP contribution in [0, 0.1) is 12.8 Å². The summed E-state index contributed by atoms with van der Waals surface area (Å²) in [5.41, 5.74) is 4.20. The maximum atomic E-state index is 12.1. The number of fused-ring (bicyclic) bond motifs is 1. The molecule has 0 saturated heterocycles. The van der Waals surface area contributed by atoms with Crippen LogP contribution >= 0.6 is 0 Å². The first-order valence-electron chi connectivity index (χ1n) is 10.3. The summed E-state index contributed by atoms with van der Waals surface area (Å²) in [5, 5.41) is 3.41. The summed E-state index contributed by atoms with van der Waals surface area (Å²) in [7, 11) is 1.62. The summed E-state index contributed by atoms with van der Waals surface area (Å²) >= 11 is 0. The molecule has 0 spiro atoms. The molecule has 162 valence electrons. The van der Waals surface area contributed by atoms with Gasteiger partial charge in [0.05, 0.1) is 29.8 Å². The van der Waals surface area contributed by atoms with Crippen molar-refractivity contribution in [1.29, 1.82) is 0 Å². The maximum Gasteiger partial charge on any atom is 0.224 e. The third kappa shape index (κ3) is 4.19. The second-order valence-electron chi connectivity index (χ2n) is 8.10. The summed E-state index contributed by atoms with van der Waals surface area (Å²) in [4.78, 5) is 22.7. The molecule has 4 rings (SSSR count). The van der Waals surface area contributed by atoms with Crippen molar-refractivity contribution in [1.82, 2.24) is 19.4 Å². The zero-order valence-electron chi connectivity index (χ0n) is 18.5. The molecule has 0 atom stereocenters. The van der Waals surface area contributed by atoms with Gasteiger partial charge >= 0.3 is 0 Å². The molecule has 1 aliphatic heterocycles. The molecule has 0 unspecified atom stereocenters. The SMILES string of the molecule is COc1cc(NC2=CN(C(C)=O)Cn3cc(CC(C)C)nc32)ccc1-c1ocnc1C. The lowest BCUT2D eigenvalue weighted by Crippen LogP contribution is -2.31. The number of benzene rings is 1. The quantitative estimate of drug-likeness (QED) is 0.639. The molecular weight excluding hydrogens is 394 g/mol. The summed E-state index contributed by atoms with van der Waals surface area (Å²) in [6.45, 7) is 8.23. The van der Waals surface area contributed by atoms with Crippen LogP contribution in [0.1, 0.15) is 38.0 Å². The number of hydrogen-bond donors (Lipinski definition) is 1. The van der Waals surface area contributed by atoms with Crippen LogP contribution in [0.15, 0.2) is 41.4 Å². The number of amides is 1. The first-order valence-corrected chi connectivity index (χ1v) is 10.3. The van der Waals surface area contributed by atoms with Gasteiger partial charge in [0.2, 0.25) is 5.91 Å². The molecule has 8 nitrogen and oxygen atoms in total. The molecule has 0 saturated carbocycles. The minimum atomic E-state index is -0.0298. The fraction of sp³-hybridized carbons (Fsp3) is 0.348. The molecule has 31 heavy (non-hydrogen) atoms. The highest BCUT2D eigenvalue weighted by Gasteiger charge is 2.23. The zero-order chi connectivity index (χ0) is 22.1. The fourth-order valence-electron chi connectivity index (χ4n) is 3.68. The third-order valence-electron chi connectivity index (χ3n) is 5.15. The highest BCUT2D eigenvalue weighted by Crippen LogP contribution is 2.35. The van der Waals surface area contributed by atoms with Crippen molar-refractivity contribution >= 4 is 17.3 Å². The van der Waals surface area contributed by atoms with E-state index in [2.05, 4.69) is 24.1 Å². The molecule has 1 aromatic carbocycles. The molecule has 0 aliphatic carbocycles. The van der Waals surface area contributed by atoms with Gasteiger partial charge in [-0.1, -0.05) is 13.8 Å². The van der Waals surface area contributed by atoms with Crippen molar-refractivity contribution in [3.05, 3.63) is 54.2 Å². The molecule has 0 radical (unpaired) electrons. The van der Waals surface area contributed by atoms with Gasteiger partial charge in [-0.25, -0.2) is 9.97 Å². The molecule has 0 fully saturated rings. The van der Waals surface area contributed by atoms with E-state index < -0.39 is 0 Å². The Morgan fingerprint density at radius 2 is 2.16 bits per heavy atom. The number of rotatable bonds is 6. The number of nitrogens with zero attached hydrogens (tertiary/aromatic N) is 4. The van der Waals surface area contributed by atoms with Gasteiger partial charge in [0, 0.05) is 31.1 Å². The topological polar surface area (TPSA) is 85.4 Å². The zero-order valence-corrected chi connectivity index (χ0v) is 18.5. The van der Waals surface area contributed by atoms with Crippen LogP contribution in [-0.2, 0) is 17.9 Å². The first-order chi connectivity index (χ1) is 14.9. The smallest absolute Gasteiger partial charge is 0.224 e. The fourth-order valence-corrected chi connectivity index (χ4v) is 3.68. The summed E-state index contributed by atoms with van der Waals surface area (Å²) in [6.07, 6.45) is 6.14. The lowest BCUT2D eigenvalue weighted by Gasteiger charge is -2.26. The van der Waals surface area contributed by atoms with Gasteiger partial charge in [-0.2, -0.15) is 0 Å². The molecule has 3 heterocycles. The predicted octanol–water partition coefficient (Wildman–Crippen LogP) is 4.28. The summed E-state index contributed by atoms with van der Waals surface area (Å²) in [5.74, 6) is 2.61. The predicted molar refractivity (Wildman–Crippen MR) is 118 cm³/mol. The van der Waals surface area contributed by atoms with E-state index in [4.69, 9.17) is 14.1 Å².